The van der Waals surface area contributed by atoms with Crippen molar-refractivity contribution in [3.63, 3.8) is 0 Å². The maximum Gasteiger partial charge on any atom is 0.405 e. The molecule has 0 unspecified atom stereocenters. The number of carbonyl (C=O) groups is 1. The fraction of sp³-hybridized carbons (Fsp3) is 0.474. The average Bonchev–Trinajstić information content (AvgIpc) is 2.65. The van der Waals surface area contributed by atoms with Gasteiger partial charge in [0.2, 0.25) is 0 Å². The number of carbonyl (C=O) groups excluding carboxylic acids is 1. The number of ether oxygens (including phenoxy) is 2. The maximum atomic E-state index is 13.6. The molecule has 0 aliphatic carbocycles. The Morgan fingerprint density at radius 2 is 1.77 bits per heavy atom. The van der Waals surface area contributed by atoms with Gasteiger partial charge < -0.3 is 15.2 Å². The largest absolute Gasteiger partial charge is 0.487 e. The van der Waals surface area contributed by atoms with Gasteiger partial charge in [-0.1, -0.05) is 13.8 Å². The van der Waals surface area contributed by atoms with Crippen molar-refractivity contribution in [1.82, 2.24) is 15.0 Å². The van der Waals surface area contributed by atoms with Crippen LogP contribution in [0.15, 0.2) is 24.4 Å². The minimum atomic E-state index is -3.01. The molecule has 2 aromatic rings. The molecule has 0 bridgehead atoms. The molecule has 0 radical (unpaired) electrons. The number of nitrogens with two attached hydrogens (primary N) is 1. The smallest absolute Gasteiger partial charge is 0.405 e. The number of amides is 1. The lowest BCUT2D eigenvalue weighted by Crippen LogP contribution is -2.41. The summed E-state index contributed by atoms with van der Waals surface area (Å²) < 4.78 is 63.3. The maximum absolute atomic E-state index is 13.6. The molecule has 0 aliphatic rings. The van der Waals surface area contributed by atoms with Gasteiger partial charge >= 0.3 is 6.09 Å². The number of nitrogens with zero attached hydrogens (tertiary/aromatic N) is 3. The van der Waals surface area contributed by atoms with E-state index in [0.717, 1.165) is 6.20 Å². The fourth-order valence-corrected chi connectivity index (χ4v) is 2.97. The van der Waals surface area contributed by atoms with E-state index in [1.54, 1.807) is 6.92 Å². The molecular weight excluding hydrogens is 408 g/mol. The van der Waals surface area contributed by atoms with Gasteiger partial charge in [-0.3, -0.25) is 0 Å². The lowest BCUT2D eigenvalue weighted by molar-refractivity contribution is -0.0197. The van der Waals surface area contributed by atoms with Gasteiger partial charge in [0, 0.05) is 6.20 Å². The van der Waals surface area contributed by atoms with Crippen molar-refractivity contribution in [2.24, 2.45) is 11.7 Å². The minimum absolute atomic E-state index is 0.0320. The third-order valence-corrected chi connectivity index (χ3v) is 3.94. The molecule has 0 spiro atoms. The van der Waals surface area contributed by atoms with E-state index in [2.05, 4.69) is 15.0 Å². The summed E-state index contributed by atoms with van der Waals surface area (Å²) in [4.78, 5) is 22.1. The lowest BCUT2D eigenvalue weighted by Gasteiger charge is -2.30. The van der Waals surface area contributed by atoms with Gasteiger partial charge in [-0.15, -0.1) is 0 Å². The quantitative estimate of drug-likeness (QED) is 0.579. The van der Waals surface area contributed by atoms with Crippen LogP contribution < -0.4 is 10.5 Å². The molecule has 0 aromatic carbocycles. The zero-order valence-electron chi connectivity index (χ0n) is 16.6. The predicted molar refractivity (Wildman–Crippen MR) is 99.2 cm³/mol. The third kappa shape index (κ3) is 6.26. The van der Waals surface area contributed by atoms with Crippen LogP contribution in [-0.2, 0) is 4.74 Å². The van der Waals surface area contributed by atoms with Gasteiger partial charge in [0.15, 0.2) is 5.82 Å². The highest BCUT2D eigenvalue weighted by atomic mass is 19.3. The summed E-state index contributed by atoms with van der Waals surface area (Å²) >= 11 is 0. The highest BCUT2D eigenvalue weighted by Crippen LogP contribution is 2.32. The van der Waals surface area contributed by atoms with E-state index in [1.807, 2.05) is 13.8 Å². The second-order valence-corrected chi connectivity index (χ2v) is 7.24. The summed E-state index contributed by atoms with van der Waals surface area (Å²) in [7, 11) is 0. The highest BCUT2D eigenvalue weighted by Gasteiger charge is 2.31. The average molecular weight is 430 g/mol. The van der Waals surface area contributed by atoms with Crippen molar-refractivity contribution in [3.05, 3.63) is 35.9 Å². The number of alkyl halides is 4. The molecule has 0 fully saturated rings. The van der Waals surface area contributed by atoms with E-state index in [9.17, 15) is 22.4 Å². The van der Waals surface area contributed by atoms with Crippen molar-refractivity contribution < 1.29 is 31.8 Å². The molecule has 2 N–H and O–H groups in total. The normalized spacial score (nSPS) is 13.5. The number of rotatable bonds is 9. The molecule has 7 nitrogen and oxygen atoms in total. The first-order valence-corrected chi connectivity index (χ1v) is 9.02. The number of hydrogen-bond acceptors (Lipinski definition) is 6. The topological polar surface area (TPSA) is 100 Å². The van der Waals surface area contributed by atoms with Gasteiger partial charge in [0.25, 0.3) is 12.9 Å². The predicted octanol–water partition coefficient (Wildman–Crippen LogP) is 4.69. The molecule has 30 heavy (non-hydrogen) atoms. The zero-order chi connectivity index (χ0) is 22.5. The first-order chi connectivity index (χ1) is 14.0. The van der Waals surface area contributed by atoms with E-state index in [-0.39, 0.29) is 29.7 Å². The SMILES string of the molecule is CC(C)C[C@@](C)(COc1ccc(-c2ccnc(C(F)F)n2)nc1C(F)F)OC(N)=O. The van der Waals surface area contributed by atoms with Crippen LogP contribution in [0.2, 0.25) is 0 Å². The Kier molecular flexibility index (Phi) is 7.52. The number of halogens is 4. The Balaban J connectivity index is 2.31. The summed E-state index contributed by atoms with van der Waals surface area (Å²) in [5.74, 6) is -0.865. The number of pyridine rings is 1. The summed E-state index contributed by atoms with van der Waals surface area (Å²) in [6.07, 6.45) is -5.46. The van der Waals surface area contributed by atoms with Crippen molar-refractivity contribution >= 4 is 6.09 Å². The number of primary amides is 1. The summed E-state index contributed by atoms with van der Waals surface area (Å²) in [6, 6.07) is 3.83. The molecule has 11 heteroatoms. The fourth-order valence-electron chi connectivity index (χ4n) is 2.97. The Morgan fingerprint density at radius 3 is 2.33 bits per heavy atom. The summed E-state index contributed by atoms with van der Waals surface area (Å²) in [5, 5.41) is 0. The minimum Gasteiger partial charge on any atom is -0.487 e. The summed E-state index contributed by atoms with van der Waals surface area (Å²) in [5.41, 5.74) is 3.19. The van der Waals surface area contributed by atoms with Gasteiger partial charge in [-0.25, -0.2) is 37.3 Å². The molecule has 164 valence electrons. The van der Waals surface area contributed by atoms with Gasteiger partial charge in [-0.2, -0.15) is 0 Å². The summed E-state index contributed by atoms with van der Waals surface area (Å²) in [6.45, 7) is 5.12. The van der Waals surface area contributed by atoms with Crippen molar-refractivity contribution in [2.75, 3.05) is 6.61 Å². The Morgan fingerprint density at radius 1 is 1.10 bits per heavy atom. The molecule has 1 amide bonds. The van der Waals surface area contributed by atoms with Crippen LogP contribution in [0.4, 0.5) is 22.4 Å². The molecule has 2 aromatic heterocycles. The van der Waals surface area contributed by atoms with Crippen LogP contribution in [-0.4, -0.2) is 33.3 Å². The van der Waals surface area contributed by atoms with E-state index >= 15 is 0 Å². The van der Waals surface area contributed by atoms with Crippen LogP contribution in [0, 0.1) is 5.92 Å². The second-order valence-electron chi connectivity index (χ2n) is 7.24. The van der Waals surface area contributed by atoms with Crippen molar-refractivity contribution in [2.45, 2.75) is 45.6 Å². The second kappa shape index (κ2) is 9.68. The molecule has 2 rings (SSSR count). The lowest BCUT2D eigenvalue weighted by atomic mass is 9.95. The standard InChI is InChI=1S/C19H22F4N4O3/c1-10(2)8-19(3,30-18(24)28)9-29-13-5-4-11(26-14(13)15(20)21)12-6-7-25-17(27-12)16(22)23/h4-7,10,15-16H,8-9H2,1-3H3,(H2,24,28)/t19-/m0/s1. The molecule has 1 atom stereocenters. The van der Waals surface area contributed by atoms with Crippen LogP contribution in [0.3, 0.4) is 0 Å². The van der Waals surface area contributed by atoms with Crippen LogP contribution >= 0.6 is 0 Å². The van der Waals surface area contributed by atoms with Crippen molar-refractivity contribution in [1.29, 1.82) is 0 Å². The molecule has 0 saturated carbocycles. The molecular formula is C19H22F4N4O3. The number of hydrogen-bond donors (Lipinski definition) is 1. The monoisotopic (exact) mass is 430 g/mol. The van der Waals surface area contributed by atoms with Gasteiger partial charge in [-0.05, 0) is 37.5 Å². The third-order valence-electron chi connectivity index (χ3n) is 3.94. The van der Waals surface area contributed by atoms with Crippen LogP contribution in [0.5, 0.6) is 5.75 Å². The Bertz CT molecular complexity index is 883. The Labute approximate surface area is 170 Å². The van der Waals surface area contributed by atoms with E-state index in [1.165, 1.54) is 18.2 Å². The number of aromatic nitrogens is 3. The van der Waals surface area contributed by atoms with E-state index < -0.39 is 36.1 Å². The zero-order valence-corrected chi connectivity index (χ0v) is 16.6. The van der Waals surface area contributed by atoms with Crippen LogP contribution in [0.1, 0.15) is 51.6 Å². The Hall–Kier alpha value is -2.98. The molecule has 2 heterocycles. The van der Waals surface area contributed by atoms with Gasteiger partial charge in [0.05, 0.1) is 11.4 Å². The first kappa shape index (κ1) is 23.3. The van der Waals surface area contributed by atoms with E-state index in [0.29, 0.717) is 6.42 Å². The molecule has 0 saturated heterocycles. The molecule has 0 aliphatic heterocycles. The van der Waals surface area contributed by atoms with Crippen LogP contribution in [0.25, 0.3) is 11.4 Å². The van der Waals surface area contributed by atoms with Crippen molar-refractivity contribution in [3.8, 4) is 17.1 Å². The van der Waals surface area contributed by atoms with Gasteiger partial charge in [0.1, 0.15) is 23.7 Å². The highest BCUT2D eigenvalue weighted by molar-refractivity contribution is 5.65. The van der Waals surface area contributed by atoms with E-state index in [4.69, 9.17) is 15.2 Å². The first-order valence-electron chi connectivity index (χ1n) is 9.02.